The van der Waals surface area contributed by atoms with Gasteiger partial charge in [-0.1, -0.05) is 12.8 Å². The minimum Gasteiger partial charge on any atom is -0.497 e. The van der Waals surface area contributed by atoms with Gasteiger partial charge in [0.05, 0.1) is 7.11 Å². The van der Waals surface area contributed by atoms with Crippen LogP contribution in [0.25, 0.3) is 10.9 Å². The van der Waals surface area contributed by atoms with Gasteiger partial charge in [0.15, 0.2) is 0 Å². The number of imide groups is 1. The molecule has 0 bridgehead atoms. The van der Waals surface area contributed by atoms with Crippen molar-refractivity contribution in [3.05, 3.63) is 48.4 Å². The molecule has 1 spiro atoms. The number of piperidine rings is 1. The lowest BCUT2D eigenvalue weighted by atomic mass is 9.76. The van der Waals surface area contributed by atoms with Crippen LogP contribution in [0.1, 0.15) is 63.9 Å². The molecule has 1 aromatic carbocycles. The van der Waals surface area contributed by atoms with E-state index in [4.69, 9.17) is 4.74 Å². The summed E-state index contributed by atoms with van der Waals surface area (Å²) >= 11 is 0. The number of methoxy groups -OCH3 is 1. The van der Waals surface area contributed by atoms with Crippen molar-refractivity contribution in [2.75, 3.05) is 57.8 Å². The number of hydrogen-bond acceptors (Lipinski definition) is 8. The van der Waals surface area contributed by atoms with Crippen LogP contribution in [-0.2, 0) is 20.8 Å². The van der Waals surface area contributed by atoms with Crippen molar-refractivity contribution < 1.29 is 19.1 Å². The van der Waals surface area contributed by atoms with Gasteiger partial charge in [0, 0.05) is 88.5 Å². The molecule has 4 heterocycles. The third-order valence-corrected chi connectivity index (χ3v) is 9.37. The number of hydrogen-bond donors (Lipinski definition) is 2. The number of aromatic nitrogens is 3. The largest absolute Gasteiger partial charge is 0.497 e. The van der Waals surface area contributed by atoms with E-state index in [0.29, 0.717) is 25.9 Å². The Labute approximate surface area is 265 Å². The molecule has 2 aromatic heterocycles. The fourth-order valence-electron chi connectivity index (χ4n) is 6.86. The van der Waals surface area contributed by atoms with Crippen molar-refractivity contribution in [1.29, 1.82) is 0 Å². The van der Waals surface area contributed by atoms with Crippen LogP contribution < -0.4 is 15.0 Å². The number of amides is 3. The number of anilines is 1. The molecule has 1 aliphatic carbocycles. The summed E-state index contributed by atoms with van der Waals surface area (Å²) < 4.78 is 5.21. The highest BCUT2D eigenvalue weighted by atomic mass is 16.5. The number of nitrogens with one attached hydrogen (secondary N) is 2. The molecule has 3 aliphatic rings. The Morgan fingerprint density at radius 3 is 2.36 bits per heavy atom. The van der Waals surface area contributed by atoms with Gasteiger partial charge in [-0.2, -0.15) is 0 Å². The number of aromatic amines is 1. The first-order valence-electron chi connectivity index (χ1n) is 16.3. The number of unbranched alkanes of at least 4 members (excludes halogenated alkanes) is 1. The van der Waals surface area contributed by atoms with Crippen molar-refractivity contribution in [3.8, 4) is 5.75 Å². The van der Waals surface area contributed by atoms with Gasteiger partial charge in [-0.25, -0.2) is 9.97 Å². The molecule has 0 unspecified atom stereocenters. The maximum Gasteiger partial charge on any atom is 0.229 e. The molecule has 2 N–H and O–H groups in total. The highest BCUT2D eigenvalue weighted by Gasteiger charge is 2.44. The third-order valence-electron chi connectivity index (χ3n) is 9.37. The zero-order valence-corrected chi connectivity index (χ0v) is 26.7. The zero-order chi connectivity index (χ0) is 31.6. The second-order valence-electron chi connectivity index (χ2n) is 12.5. The predicted octanol–water partition coefficient (Wildman–Crippen LogP) is 3.94. The molecule has 2 saturated heterocycles. The van der Waals surface area contributed by atoms with Crippen LogP contribution >= 0.6 is 0 Å². The third kappa shape index (κ3) is 8.59. The van der Waals surface area contributed by atoms with E-state index in [1.165, 1.54) is 30.2 Å². The number of rotatable bonds is 10. The lowest BCUT2D eigenvalue weighted by Crippen LogP contribution is -2.48. The van der Waals surface area contributed by atoms with Crippen molar-refractivity contribution in [2.45, 2.75) is 64.7 Å². The number of benzene rings is 1. The number of carbonyl (C=O) groups excluding carboxylic acids is 3. The fraction of sp³-hybridized carbons (Fsp3) is 0.559. The van der Waals surface area contributed by atoms with E-state index in [1.54, 1.807) is 19.5 Å². The van der Waals surface area contributed by atoms with Crippen LogP contribution in [-0.4, -0.2) is 95.4 Å². The smallest absolute Gasteiger partial charge is 0.229 e. The van der Waals surface area contributed by atoms with Crippen molar-refractivity contribution in [3.63, 3.8) is 0 Å². The van der Waals surface area contributed by atoms with Crippen molar-refractivity contribution in [1.82, 2.24) is 30.1 Å². The number of fused-ring (bicyclic) bond motifs is 1. The molecule has 1 saturated carbocycles. The summed E-state index contributed by atoms with van der Waals surface area (Å²) in [7, 11) is 1.66. The van der Waals surface area contributed by atoms with Crippen LogP contribution in [0, 0.1) is 5.41 Å². The average molecular weight is 618 g/mol. The summed E-state index contributed by atoms with van der Waals surface area (Å²) in [5, 5.41) is 3.94. The van der Waals surface area contributed by atoms with Crippen LogP contribution in [0.5, 0.6) is 5.75 Å². The lowest BCUT2D eigenvalue weighted by molar-refractivity contribution is -0.153. The topological polar surface area (TPSA) is 124 Å². The maximum atomic E-state index is 12.5. The molecule has 6 rings (SSSR count). The number of nitrogens with zero attached hydrogens (tertiary/aromatic N) is 5. The molecule has 0 radical (unpaired) electrons. The molecule has 11 heteroatoms. The van der Waals surface area contributed by atoms with Gasteiger partial charge in [-0.15, -0.1) is 0 Å². The van der Waals surface area contributed by atoms with Crippen LogP contribution in [0.2, 0.25) is 0 Å². The fourth-order valence-corrected chi connectivity index (χ4v) is 6.86. The monoisotopic (exact) mass is 617 g/mol. The highest BCUT2D eigenvalue weighted by Crippen LogP contribution is 2.46. The molecule has 3 fully saturated rings. The van der Waals surface area contributed by atoms with E-state index in [1.807, 2.05) is 30.5 Å². The van der Waals surface area contributed by atoms with E-state index in [-0.39, 0.29) is 23.1 Å². The van der Waals surface area contributed by atoms with E-state index >= 15 is 0 Å². The van der Waals surface area contributed by atoms with Crippen molar-refractivity contribution in [2.24, 2.45) is 5.41 Å². The summed E-state index contributed by atoms with van der Waals surface area (Å²) in [6.07, 6.45) is 13.9. The predicted molar refractivity (Wildman–Crippen MR) is 174 cm³/mol. The van der Waals surface area contributed by atoms with Crippen LogP contribution in [0.3, 0.4) is 0 Å². The highest BCUT2D eigenvalue weighted by molar-refractivity contribution is 5.98. The molecule has 2 aliphatic heterocycles. The molecule has 0 atom stereocenters. The normalized spacial score (nSPS) is 18.3. The summed E-state index contributed by atoms with van der Waals surface area (Å²) in [6.45, 7) is 7.67. The van der Waals surface area contributed by atoms with Gasteiger partial charge in [0.25, 0.3) is 0 Å². The standard InChI is InChI=1S/C21H31N5O2.C13H16N2O2/c27-18-16-21(6-1-2-7-21)17-19(28)26(18)11-4-3-10-24-12-14-25(15-13-24)20-22-8-5-9-23-20;1-9(16)14-6-5-10-8-15-13-4-3-11(17-2)7-12(10)13/h5,8-9H,1-4,6-7,10-17H2;3-4,7-8,15H,5-6H2,1-2H3,(H,14,16). The van der Waals surface area contributed by atoms with Gasteiger partial charge in [-0.05, 0) is 73.9 Å². The molecular weight excluding hydrogens is 570 g/mol. The number of ether oxygens (including phenoxy) is 1. The summed E-state index contributed by atoms with van der Waals surface area (Å²) in [4.78, 5) is 53.9. The lowest BCUT2D eigenvalue weighted by Gasteiger charge is -2.37. The summed E-state index contributed by atoms with van der Waals surface area (Å²) in [5.74, 6) is 1.79. The maximum absolute atomic E-state index is 12.5. The minimum atomic E-state index is 0.00224. The van der Waals surface area contributed by atoms with Crippen molar-refractivity contribution >= 4 is 34.6 Å². The quantitative estimate of drug-likeness (QED) is 0.259. The van der Waals surface area contributed by atoms with Gasteiger partial charge in [0.1, 0.15) is 5.75 Å². The number of carbonyl (C=O) groups is 3. The van der Waals surface area contributed by atoms with Crippen LogP contribution in [0.15, 0.2) is 42.9 Å². The molecule has 11 nitrogen and oxygen atoms in total. The van der Waals surface area contributed by atoms with Gasteiger partial charge in [-0.3, -0.25) is 24.2 Å². The average Bonchev–Trinajstić information content (AvgIpc) is 3.67. The van der Waals surface area contributed by atoms with Gasteiger partial charge in [0.2, 0.25) is 23.7 Å². The Hall–Kier alpha value is -3.99. The molecule has 3 aromatic rings. The molecule has 45 heavy (non-hydrogen) atoms. The molecule has 3 amide bonds. The van der Waals surface area contributed by atoms with E-state index < -0.39 is 0 Å². The Morgan fingerprint density at radius 2 is 1.69 bits per heavy atom. The SMILES string of the molecule is COc1ccc2[nH]cc(CCNC(C)=O)c2c1.O=C1CC2(CCCC2)CC(=O)N1CCCCN1CCN(c2ncccn2)CC1. The van der Waals surface area contributed by atoms with Crippen LogP contribution in [0.4, 0.5) is 5.95 Å². The Kier molecular flexibility index (Phi) is 11.0. The Bertz CT molecular complexity index is 1410. The van der Waals surface area contributed by atoms with Gasteiger partial charge < -0.3 is 19.9 Å². The van der Waals surface area contributed by atoms with Gasteiger partial charge >= 0.3 is 0 Å². The zero-order valence-electron chi connectivity index (χ0n) is 26.7. The Morgan fingerprint density at radius 1 is 1.00 bits per heavy atom. The van der Waals surface area contributed by atoms with E-state index in [2.05, 4.69) is 30.1 Å². The number of likely N-dealkylation sites (tertiary alicyclic amines) is 1. The van der Waals surface area contributed by atoms with E-state index in [9.17, 15) is 14.4 Å². The summed E-state index contributed by atoms with van der Waals surface area (Å²) in [6, 6.07) is 7.77. The Balaban J connectivity index is 0.000000201. The molecule has 242 valence electrons. The minimum absolute atomic E-state index is 0.00224. The second kappa shape index (κ2) is 15.3. The summed E-state index contributed by atoms with van der Waals surface area (Å²) in [5.41, 5.74) is 2.28. The first-order chi connectivity index (χ1) is 21.9. The first kappa shape index (κ1) is 32.4. The number of piperazine rings is 1. The molecular formula is C34H47N7O4. The first-order valence-corrected chi connectivity index (χ1v) is 16.3. The second-order valence-corrected chi connectivity index (χ2v) is 12.5. The number of H-pyrrole nitrogens is 1. The van der Waals surface area contributed by atoms with E-state index in [0.717, 1.165) is 87.4 Å².